The number of rotatable bonds is 7. The van der Waals surface area contributed by atoms with Gasteiger partial charge >= 0.3 is 5.69 Å². The summed E-state index contributed by atoms with van der Waals surface area (Å²) in [6.45, 7) is 6.60. The minimum absolute atomic E-state index is 0.111. The van der Waals surface area contributed by atoms with Gasteiger partial charge in [0.1, 0.15) is 6.33 Å². The number of hydrogen-bond donors (Lipinski definition) is 3. The standard InChI is InChI=1S/C11H20N6O3/c1-11(2,3)16-15-10-8(17(18)19)9(13-7-14-10)12-5-6-20-4/h7,16H,5-6H2,1-4H3,(H2,12,13,14,15). The van der Waals surface area contributed by atoms with Gasteiger partial charge in [0.25, 0.3) is 0 Å². The van der Waals surface area contributed by atoms with Gasteiger partial charge in [-0.3, -0.25) is 15.5 Å². The zero-order valence-electron chi connectivity index (χ0n) is 12.1. The Morgan fingerprint density at radius 3 is 2.55 bits per heavy atom. The van der Waals surface area contributed by atoms with Gasteiger partial charge < -0.3 is 10.1 Å². The van der Waals surface area contributed by atoms with Crippen molar-refractivity contribution >= 4 is 17.3 Å². The van der Waals surface area contributed by atoms with Crippen LogP contribution in [-0.2, 0) is 4.74 Å². The van der Waals surface area contributed by atoms with Gasteiger partial charge in [-0.1, -0.05) is 0 Å². The van der Waals surface area contributed by atoms with Crippen molar-refractivity contribution in [3.8, 4) is 0 Å². The Hall–Kier alpha value is -2.00. The molecule has 9 heteroatoms. The maximum Gasteiger partial charge on any atom is 0.354 e. The molecule has 1 rings (SSSR count). The number of ether oxygens (including phenoxy) is 1. The van der Waals surface area contributed by atoms with Gasteiger partial charge in [0.15, 0.2) is 0 Å². The number of anilines is 2. The van der Waals surface area contributed by atoms with Crippen LogP contribution in [0.1, 0.15) is 20.8 Å². The van der Waals surface area contributed by atoms with Crippen LogP contribution in [-0.4, -0.2) is 40.7 Å². The Balaban J connectivity index is 2.93. The third kappa shape index (κ3) is 4.94. The molecule has 1 heterocycles. The third-order valence-electron chi connectivity index (χ3n) is 2.16. The highest BCUT2D eigenvalue weighted by Crippen LogP contribution is 2.28. The maximum atomic E-state index is 11.2. The van der Waals surface area contributed by atoms with E-state index < -0.39 is 4.92 Å². The topological polar surface area (TPSA) is 114 Å². The fourth-order valence-electron chi connectivity index (χ4n) is 1.29. The number of nitro groups is 1. The molecule has 0 aliphatic heterocycles. The van der Waals surface area contributed by atoms with Crippen molar-refractivity contribution in [2.45, 2.75) is 26.3 Å². The van der Waals surface area contributed by atoms with E-state index in [0.29, 0.717) is 13.2 Å². The second-order valence-electron chi connectivity index (χ2n) is 5.10. The Morgan fingerprint density at radius 2 is 2.00 bits per heavy atom. The van der Waals surface area contributed by atoms with Crippen LogP contribution in [0.5, 0.6) is 0 Å². The molecule has 0 aliphatic rings. The Labute approximate surface area is 117 Å². The van der Waals surface area contributed by atoms with E-state index >= 15 is 0 Å². The molecule has 0 fully saturated rings. The number of nitrogens with zero attached hydrogens (tertiary/aromatic N) is 3. The highest BCUT2D eigenvalue weighted by Gasteiger charge is 2.23. The molecule has 0 amide bonds. The van der Waals surface area contributed by atoms with Crippen molar-refractivity contribution in [2.24, 2.45) is 0 Å². The average molecular weight is 284 g/mol. The lowest BCUT2D eigenvalue weighted by molar-refractivity contribution is -0.383. The minimum atomic E-state index is -0.526. The summed E-state index contributed by atoms with van der Waals surface area (Å²) in [6, 6.07) is 0. The molecule has 0 atom stereocenters. The molecule has 0 aromatic carbocycles. The van der Waals surface area contributed by atoms with E-state index in [-0.39, 0.29) is 22.9 Å². The summed E-state index contributed by atoms with van der Waals surface area (Å²) >= 11 is 0. The molecule has 0 saturated carbocycles. The first-order valence-electron chi connectivity index (χ1n) is 6.10. The zero-order chi connectivity index (χ0) is 15.2. The number of aromatic nitrogens is 2. The van der Waals surface area contributed by atoms with Crippen LogP contribution in [0.3, 0.4) is 0 Å². The molecular formula is C11H20N6O3. The van der Waals surface area contributed by atoms with E-state index in [1.165, 1.54) is 6.33 Å². The fourth-order valence-corrected chi connectivity index (χ4v) is 1.29. The van der Waals surface area contributed by atoms with Crippen LogP contribution in [0.2, 0.25) is 0 Å². The highest BCUT2D eigenvalue weighted by molar-refractivity contribution is 5.68. The molecule has 0 radical (unpaired) electrons. The summed E-state index contributed by atoms with van der Waals surface area (Å²) < 4.78 is 4.88. The molecule has 1 aromatic rings. The molecule has 3 N–H and O–H groups in total. The second-order valence-corrected chi connectivity index (χ2v) is 5.10. The molecule has 112 valence electrons. The van der Waals surface area contributed by atoms with E-state index in [1.54, 1.807) is 7.11 Å². The molecule has 0 saturated heterocycles. The number of nitrogens with one attached hydrogen (secondary N) is 3. The SMILES string of the molecule is COCCNc1ncnc(NNC(C)(C)C)c1[N+](=O)[O-]. The Morgan fingerprint density at radius 1 is 1.35 bits per heavy atom. The van der Waals surface area contributed by atoms with Crippen LogP contribution in [0.15, 0.2) is 6.33 Å². The van der Waals surface area contributed by atoms with Crippen LogP contribution in [0.25, 0.3) is 0 Å². The van der Waals surface area contributed by atoms with Crippen LogP contribution >= 0.6 is 0 Å². The van der Waals surface area contributed by atoms with Crippen LogP contribution < -0.4 is 16.2 Å². The Kier molecular flexibility index (Phi) is 5.59. The minimum Gasteiger partial charge on any atom is -0.383 e. The van der Waals surface area contributed by atoms with E-state index in [0.717, 1.165) is 0 Å². The zero-order valence-corrected chi connectivity index (χ0v) is 12.1. The molecule has 20 heavy (non-hydrogen) atoms. The van der Waals surface area contributed by atoms with Gasteiger partial charge in [0, 0.05) is 19.2 Å². The summed E-state index contributed by atoms with van der Waals surface area (Å²) in [4.78, 5) is 18.4. The van der Waals surface area contributed by atoms with Gasteiger partial charge in [-0.25, -0.2) is 15.4 Å². The van der Waals surface area contributed by atoms with Gasteiger partial charge in [0.2, 0.25) is 11.6 Å². The summed E-state index contributed by atoms with van der Waals surface area (Å²) in [5, 5.41) is 14.0. The highest BCUT2D eigenvalue weighted by atomic mass is 16.6. The van der Waals surface area contributed by atoms with Crippen molar-refractivity contribution in [1.82, 2.24) is 15.4 Å². The summed E-state index contributed by atoms with van der Waals surface area (Å²) in [7, 11) is 1.55. The van der Waals surface area contributed by atoms with E-state index in [1.807, 2.05) is 20.8 Å². The normalized spacial score (nSPS) is 11.2. The monoisotopic (exact) mass is 284 g/mol. The molecule has 0 spiro atoms. The molecule has 1 aromatic heterocycles. The summed E-state index contributed by atoms with van der Waals surface area (Å²) in [6.07, 6.45) is 1.26. The lowest BCUT2D eigenvalue weighted by atomic mass is 10.1. The van der Waals surface area contributed by atoms with Crippen LogP contribution in [0.4, 0.5) is 17.3 Å². The van der Waals surface area contributed by atoms with Crippen LogP contribution in [0, 0.1) is 10.1 Å². The third-order valence-corrected chi connectivity index (χ3v) is 2.16. The molecule has 0 bridgehead atoms. The first kappa shape index (κ1) is 16.1. The molecule has 9 nitrogen and oxygen atoms in total. The first-order chi connectivity index (χ1) is 9.35. The van der Waals surface area contributed by atoms with Gasteiger partial charge in [0.05, 0.1) is 11.5 Å². The fraction of sp³-hybridized carbons (Fsp3) is 0.636. The van der Waals surface area contributed by atoms with E-state index in [2.05, 4.69) is 26.1 Å². The molecule has 0 aliphatic carbocycles. The smallest absolute Gasteiger partial charge is 0.354 e. The quantitative estimate of drug-likeness (QED) is 0.388. The van der Waals surface area contributed by atoms with Crippen molar-refractivity contribution in [3.05, 3.63) is 16.4 Å². The maximum absolute atomic E-state index is 11.2. The lowest BCUT2D eigenvalue weighted by Gasteiger charge is -2.21. The van der Waals surface area contributed by atoms with Gasteiger partial charge in [-0.2, -0.15) is 0 Å². The van der Waals surface area contributed by atoms with E-state index in [9.17, 15) is 10.1 Å². The Bertz CT molecular complexity index is 460. The van der Waals surface area contributed by atoms with Crippen molar-refractivity contribution in [1.29, 1.82) is 0 Å². The largest absolute Gasteiger partial charge is 0.383 e. The van der Waals surface area contributed by atoms with Gasteiger partial charge in [-0.15, -0.1) is 0 Å². The van der Waals surface area contributed by atoms with Crippen molar-refractivity contribution in [2.75, 3.05) is 31.0 Å². The predicted molar refractivity (Wildman–Crippen MR) is 75.6 cm³/mol. The predicted octanol–water partition coefficient (Wildman–Crippen LogP) is 1.16. The molecular weight excluding hydrogens is 264 g/mol. The lowest BCUT2D eigenvalue weighted by Crippen LogP contribution is -2.40. The number of methoxy groups -OCH3 is 1. The van der Waals surface area contributed by atoms with Crippen molar-refractivity contribution < 1.29 is 9.66 Å². The number of hydrogen-bond acceptors (Lipinski definition) is 8. The number of hydrazine groups is 1. The van der Waals surface area contributed by atoms with Crippen molar-refractivity contribution in [3.63, 3.8) is 0 Å². The van der Waals surface area contributed by atoms with E-state index in [4.69, 9.17) is 4.74 Å². The van der Waals surface area contributed by atoms with Gasteiger partial charge in [-0.05, 0) is 20.8 Å². The molecule has 0 unspecified atom stereocenters. The first-order valence-corrected chi connectivity index (χ1v) is 6.10. The second kappa shape index (κ2) is 6.96. The average Bonchev–Trinajstić information content (AvgIpc) is 2.35. The summed E-state index contributed by atoms with van der Waals surface area (Å²) in [5.74, 6) is 0.264. The summed E-state index contributed by atoms with van der Waals surface area (Å²) in [5.41, 5.74) is 5.21.